The second-order valence-electron chi connectivity index (χ2n) is 9.72. The van der Waals surface area contributed by atoms with Crippen LogP contribution in [0.2, 0.25) is 0 Å². The maximum atomic E-state index is 13.0. The van der Waals surface area contributed by atoms with Crippen LogP contribution in [0.3, 0.4) is 0 Å². The fourth-order valence-corrected chi connectivity index (χ4v) is 5.33. The largest absolute Gasteiger partial charge is 0.496 e. The van der Waals surface area contributed by atoms with Crippen LogP contribution in [0.5, 0.6) is 17.2 Å². The molecule has 0 aliphatic heterocycles. The van der Waals surface area contributed by atoms with Gasteiger partial charge in [-0.05, 0) is 55.5 Å². The first-order chi connectivity index (χ1) is 21.4. The number of carbonyl (C=O) groups is 1. The average Bonchev–Trinajstić information content (AvgIpc) is 3.66. The number of para-hydroxylation sites is 2. The number of nitrogens with zero attached hydrogens (tertiary/aromatic N) is 5. The molecular weight excluding hydrogens is 578 g/mol. The molecule has 0 aliphatic carbocycles. The molecule has 0 spiro atoms. The van der Waals surface area contributed by atoms with Crippen LogP contribution in [0.1, 0.15) is 27.4 Å². The molecule has 0 amide bonds. The van der Waals surface area contributed by atoms with Gasteiger partial charge < -0.3 is 24.5 Å². The van der Waals surface area contributed by atoms with E-state index in [0.717, 1.165) is 28.2 Å². The molecule has 222 valence electrons. The summed E-state index contributed by atoms with van der Waals surface area (Å²) in [5.74, 6) is 4.13. The first kappa shape index (κ1) is 28.7. The summed E-state index contributed by atoms with van der Waals surface area (Å²) >= 11 is 1.48. The summed E-state index contributed by atoms with van der Waals surface area (Å²) in [6.07, 6.45) is 3.17. The Hall–Kier alpha value is -5.36. The van der Waals surface area contributed by atoms with Crippen LogP contribution in [-0.4, -0.2) is 56.7 Å². The van der Waals surface area contributed by atoms with E-state index in [4.69, 9.17) is 14.2 Å². The van der Waals surface area contributed by atoms with Gasteiger partial charge in [-0.3, -0.25) is 4.79 Å². The van der Waals surface area contributed by atoms with E-state index >= 15 is 0 Å². The Kier molecular flexibility index (Phi) is 8.15. The van der Waals surface area contributed by atoms with E-state index in [0.29, 0.717) is 50.9 Å². The number of hydrogen-bond acceptors (Lipinski definition) is 10. The molecule has 0 saturated heterocycles. The van der Waals surface area contributed by atoms with Crippen molar-refractivity contribution in [3.05, 3.63) is 95.5 Å². The molecule has 3 aromatic heterocycles. The van der Waals surface area contributed by atoms with E-state index in [9.17, 15) is 4.79 Å². The van der Waals surface area contributed by atoms with E-state index in [1.165, 1.54) is 17.8 Å². The third kappa shape index (κ3) is 6.06. The number of aromatic nitrogens is 6. The van der Waals surface area contributed by atoms with Gasteiger partial charge in [0.2, 0.25) is 5.16 Å². The number of thioether (sulfide) groups is 1. The fraction of sp³-hybridized carbons (Fsp3) is 0.156. The summed E-state index contributed by atoms with van der Waals surface area (Å²) in [5, 5.41) is 8.63. The number of carbonyl (C=O) groups excluding carboxylic acids is 1. The molecule has 0 unspecified atom stereocenters. The predicted molar refractivity (Wildman–Crippen MR) is 170 cm³/mol. The van der Waals surface area contributed by atoms with Crippen molar-refractivity contribution in [2.24, 2.45) is 0 Å². The Morgan fingerprint density at radius 3 is 2.41 bits per heavy atom. The molecule has 6 rings (SSSR count). The van der Waals surface area contributed by atoms with Crippen molar-refractivity contribution >= 4 is 51.9 Å². The first-order valence-electron chi connectivity index (χ1n) is 13.6. The van der Waals surface area contributed by atoms with Gasteiger partial charge in [-0.15, -0.1) is 5.10 Å². The number of hydrogen-bond donors (Lipinski definition) is 2. The monoisotopic (exact) mass is 607 g/mol. The topological polar surface area (TPSA) is 129 Å². The summed E-state index contributed by atoms with van der Waals surface area (Å²) in [5.41, 5.74) is 4.67. The number of benzene rings is 3. The summed E-state index contributed by atoms with van der Waals surface area (Å²) < 4.78 is 17.9. The summed E-state index contributed by atoms with van der Waals surface area (Å²) in [7, 11) is 4.68. The lowest BCUT2D eigenvalue weighted by atomic mass is 10.1. The van der Waals surface area contributed by atoms with Gasteiger partial charge in [0.15, 0.2) is 5.78 Å². The smallest absolute Gasteiger partial charge is 0.255 e. The molecule has 2 N–H and O–H groups in total. The number of imidazole rings is 1. The Bertz CT molecular complexity index is 1940. The molecule has 0 fully saturated rings. The normalized spacial score (nSPS) is 11.4. The fourth-order valence-electron chi connectivity index (χ4n) is 4.64. The maximum absolute atomic E-state index is 13.0. The summed E-state index contributed by atoms with van der Waals surface area (Å²) in [6.45, 7) is 1.90. The molecule has 3 heterocycles. The van der Waals surface area contributed by atoms with E-state index in [-0.39, 0.29) is 5.78 Å². The van der Waals surface area contributed by atoms with Crippen molar-refractivity contribution in [3.63, 3.8) is 0 Å². The number of methoxy groups -OCH3 is 3. The SMILES string of the molecule is COc1cc(OC)c(/C=C/C(=O)c2ccc(Nc3cc(C)nc4nc(SCc5nc6ccccc6[nH]5)nn34)cc2)c(OC)c1. The zero-order valence-corrected chi connectivity index (χ0v) is 25.3. The number of rotatable bonds is 11. The van der Waals surface area contributed by atoms with Crippen LogP contribution in [0, 0.1) is 6.92 Å². The lowest BCUT2D eigenvalue weighted by Crippen LogP contribution is -2.03. The lowest BCUT2D eigenvalue weighted by molar-refractivity contribution is 0.104. The summed E-state index contributed by atoms with van der Waals surface area (Å²) in [4.78, 5) is 30.1. The van der Waals surface area contributed by atoms with Crippen LogP contribution in [-0.2, 0) is 5.75 Å². The number of aromatic amines is 1. The zero-order valence-electron chi connectivity index (χ0n) is 24.5. The van der Waals surface area contributed by atoms with Crippen molar-refractivity contribution in [2.45, 2.75) is 17.8 Å². The molecule has 6 aromatic rings. The average molecular weight is 608 g/mol. The van der Waals surface area contributed by atoms with Gasteiger partial charge in [-0.25, -0.2) is 9.97 Å². The standard InChI is InChI=1S/C32H29N7O4S/c1-19-15-30(39-31(33-19)37-32(38-39)44-18-29-35-24-7-5-6-8-25(24)36-29)34-21-11-9-20(10-12-21)26(40)14-13-23-27(42-3)16-22(41-2)17-28(23)43-4/h5-17,34H,18H2,1-4H3,(H,35,36)/b14-13+. The Morgan fingerprint density at radius 1 is 0.955 bits per heavy atom. The highest BCUT2D eigenvalue weighted by atomic mass is 32.2. The van der Waals surface area contributed by atoms with Crippen LogP contribution < -0.4 is 19.5 Å². The number of ether oxygens (including phenoxy) is 3. The van der Waals surface area contributed by atoms with Crippen LogP contribution in [0.15, 0.2) is 78.0 Å². The van der Waals surface area contributed by atoms with Gasteiger partial charge in [0.25, 0.3) is 5.78 Å². The van der Waals surface area contributed by atoms with Crippen molar-refractivity contribution in [3.8, 4) is 17.2 Å². The van der Waals surface area contributed by atoms with E-state index < -0.39 is 0 Å². The summed E-state index contributed by atoms with van der Waals surface area (Å²) in [6, 6.07) is 20.5. The Morgan fingerprint density at radius 2 is 1.70 bits per heavy atom. The number of allylic oxidation sites excluding steroid dienone is 1. The number of fused-ring (bicyclic) bond motifs is 2. The van der Waals surface area contributed by atoms with Gasteiger partial charge in [-0.1, -0.05) is 23.9 Å². The molecule has 11 nitrogen and oxygen atoms in total. The quantitative estimate of drug-likeness (QED) is 0.0988. The van der Waals surface area contributed by atoms with Crippen molar-refractivity contribution in [1.82, 2.24) is 29.5 Å². The van der Waals surface area contributed by atoms with Crippen molar-refractivity contribution in [1.29, 1.82) is 0 Å². The molecular formula is C32H29N7O4S. The Balaban J connectivity index is 1.16. The molecule has 0 radical (unpaired) electrons. The van der Waals surface area contributed by atoms with Gasteiger partial charge in [-0.2, -0.15) is 9.50 Å². The van der Waals surface area contributed by atoms with Crippen molar-refractivity contribution < 1.29 is 19.0 Å². The number of ketones is 1. The van der Waals surface area contributed by atoms with Crippen LogP contribution in [0.4, 0.5) is 11.5 Å². The molecule has 0 bridgehead atoms. The third-order valence-corrected chi connectivity index (χ3v) is 7.64. The molecule has 3 aromatic carbocycles. The molecule has 0 saturated carbocycles. The van der Waals surface area contributed by atoms with Gasteiger partial charge >= 0.3 is 0 Å². The number of aryl methyl sites for hydroxylation is 1. The number of nitrogens with one attached hydrogen (secondary N) is 2. The van der Waals surface area contributed by atoms with E-state index in [2.05, 4.69) is 30.4 Å². The third-order valence-electron chi connectivity index (χ3n) is 6.79. The number of H-pyrrole nitrogens is 1. The highest BCUT2D eigenvalue weighted by molar-refractivity contribution is 7.98. The van der Waals surface area contributed by atoms with Crippen molar-refractivity contribution in [2.75, 3.05) is 26.6 Å². The highest BCUT2D eigenvalue weighted by Gasteiger charge is 2.14. The lowest BCUT2D eigenvalue weighted by Gasteiger charge is -2.12. The molecule has 0 aliphatic rings. The molecule has 44 heavy (non-hydrogen) atoms. The minimum absolute atomic E-state index is 0.166. The van der Waals surface area contributed by atoms with Crippen LogP contribution >= 0.6 is 11.8 Å². The van der Waals surface area contributed by atoms with Crippen LogP contribution in [0.25, 0.3) is 22.9 Å². The van der Waals surface area contributed by atoms with E-state index in [1.54, 1.807) is 56.2 Å². The minimum atomic E-state index is -0.166. The minimum Gasteiger partial charge on any atom is -0.496 e. The zero-order chi connectivity index (χ0) is 30.6. The Labute approximate surface area is 257 Å². The molecule has 12 heteroatoms. The highest BCUT2D eigenvalue weighted by Crippen LogP contribution is 2.35. The van der Waals surface area contributed by atoms with E-state index in [1.807, 2.05) is 49.4 Å². The number of anilines is 2. The predicted octanol–water partition coefficient (Wildman–Crippen LogP) is 6.27. The first-order valence-corrected chi connectivity index (χ1v) is 14.6. The maximum Gasteiger partial charge on any atom is 0.255 e. The second-order valence-corrected chi connectivity index (χ2v) is 10.7. The van der Waals surface area contributed by atoms with Gasteiger partial charge in [0.1, 0.15) is 28.9 Å². The van der Waals surface area contributed by atoms with Gasteiger partial charge in [0.05, 0.1) is 43.7 Å². The second kappa shape index (κ2) is 12.5. The van der Waals surface area contributed by atoms with Gasteiger partial charge in [0, 0.05) is 35.1 Å². The molecule has 0 atom stereocenters.